The Bertz CT molecular complexity index is 336. The summed E-state index contributed by atoms with van der Waals surface area (Å²) >= 11 is 0. The molecule has 0 aromatic rings. The highest BCUT2D eigenvalue weighted by Gasteiger charge is 2.32. The molecule has 3 unspecified atom stereocenters. The van der Waals surface area contributed by atoms with Gasteiger partial charge in [0.25, 0.3) is 0 Å². The molecule has 1 fully saturated rings. The summed E-state index contributed by atoms with van der Waals surface area (Å²) in [7, 11) is 0. The van der Waals surface area contributed by atoms with Crippen molar-refractivity contribution in [3.05, 3.63) is 0 Å². The van der Waals surface area contributed by atoms with E-state index in [1.54, 1.807) is 0 Å². The van der Waals surface area contributed by atoms with Gasteiger partial charge in [-0.2, -0.15) is 5.26 Å². The van der Waals surface area contributed by atoms with E-state index in [-0.39, 0.29) is 0 Å². The molecule has 0 bridgehead atoms. The van der Waals surface area contributed by atoms with E-state index in [2.05, 4.69) is 55.8 Å². The number of nitrogens with one attached hydrogen (secondary N) is 1. The van der Waals surface area contributed by atoms with Gasteiger partial charge in [-0.05, 0) is 47.6 Å². The Kier molecular flexibility index (Phi) is 6.44. The number of hydrogen-bond donors (Lipinski definition) is 1. The molecule has 4 heteroatoms. The number of rotatable bonds is 6. The largest absolute Gasteiger partial charge is 0.298 e. The van der Waals surface area contributed by atoms with Crippen LogP contribution < -0.4 is 5.32 Å². The lowest BCUT2D eigenvalue weighted by atomic mass is 9.93. The average molecular weight is 280 g/mol. The highest BCUT2D eigenvalue weighted by atomic mass is 15.3. The molecule has 0 aromatic heterocycles. The maximum absolute atomic E-state index is 9.47. The lowest BCUT2D eigenvalue weighted by Gasteiger charge is -2.43. The molecule has 1 heterocycles. The van der Waals surface area contributed by atoms with E-state index in [9.17, 15) is 5.26 Å². The predicted molar refractivity (Wildman–Crippen MR) is 84.7 cm³/mol. The minimum Gasteiger partial charge on any atom is -0.298 e. The van der Waals surface area contributed by atoms with Crippen molar-refractivity contribution < 1.29 is 0 Å². The third-order valence-electron chi connectivity index (χ3n) is 4.38. The lowest BCUT2D eigenvalue weighted by Crippen LogP contribution is -2.56. The molecular formula is C16H32N4. The van der Waals surface area contributed by atoms with E-state index >= 15 is 0 Å². The van der Waals surface area contributed by atoms with Gasteiger partial charge in [-0.1, -0.05) is 6.92 Å². The highest BCUT2D eigenvalue weighted by molar-refractivity contribution is 5.06. The first kappa shape index (κ1) is 17.4. The van der Waals surface area contributed by atoms with Crippen molar-refractivity contribution in [1.82, 2.24) is 15.1 Å². The molecule has 0 spiro atoms. The van der Waals surface area contributed by atoms with Gasteiger partial charge in [-0.25, -0.2) is 0 Å². The van der Waals surface area contributed by atoms with Crippen molar-refractivity contribution in [3.8, 4) is 6.07 Å². The van der Waals surface area contributed by atoms with E-state index < -0.39 is 5.54 Å². The zero-order valence-corrected chi connectivity index (χ0v) is 14.1. The van der Waals surface area contributed by atoms with E-state index in [4.69, 9.17) is 0 Å². The van der Waals surface area contributed by atoms with Crippen LogP contribution in [0.4, 0.5) is 0 Å². The normalized spacial score (nSPS) is 26.2. The van der Waals surface area contributed by atoms with Crippen molar-refractivity contribution in [3.63, 3.8) is 0 Å². The molecule has 1 aliphatic heterocycles. The topological polar surface area (TPSA) is 42.3 Å². The average Bonchev–Trinajstić information content (AvgIpc) is 2.37. The van der Waals surface area contributed by atoms with Crippen LogP contribution in [0.3, 0.4) is 0 Å². The van der Waals surface area contributed by atoms with E-state index in [1.807, 2.05) is 6.92 Å². The van der Waals surface area contributed by atoms with Crippen LogP contribution in [0.2, 0.25) is 0 Å². The Hall–Kier alpha value is -0.630. The van der Waals surface area contributed by atoms with Crippen LogP contribution in [-0.2, 0) is 0 Å². The Morgan fingerprint density at radius 3 is 2.45 bits per heavy atom. The Balaban J connectivity index is 2.58. The van der Waals surface area contributed by atoms with E-state index in [1.165, 1.54) is 0 Å². The van der Waals surface area contributed by atoms with Gasteiger partial charge in [0.2, 0.25) is 0 Å². The smallest absolute Gasteiger partial charge is 0.105 e. The molecule has 20 heavy (non-hydrogen) atoms. The number of nitrogens with zero attached hydrogens (tertiary/aromatic N) is 3. The number of hydrogen-bond acceptors (Lipinski definition) is 4. The molecular weight excluding hydrogens is 248 g/mol. The molecule has 0 aromatic carbocycles. The second kappa shape index (κ2) is 7.40. The predicted octanol–water partition coefficient (Wildman–Crippen LogP) is 2.07. The number of piperazine rings is 1. The molecule has 0 aliphatic carbocycles. The van der Waals surface area contributed by atoms with Crippen LogP contribution in [0.15, 0.2) is 0 Å². The van der Waals surface area contributed by atoms with Gasteiger partial charge in [0.1, 0.15) is 5.54 Å². The fourth-order valence-electron chi connectivity index (χ4n) is 3.39. The summed E-state index contributed by atoms with van der Waals surface area (Å²) in [6.07, 6.45) is 0.876. The van der Waals surface area contributed by atoms with Gasteiger partial charge < -0.3 is 0 Å². The van der Waals surface area contributed by atoms with Crippen LogP contribution >= 0.6 is 0 Å². The summed E-state index contributed by atoms with van der Waals surface area (Å²) in [5, 5.41) is 12.9. The van der Waals surface area contributed by atoms with Crippen molar-refractivity contribution >= 4 is 0 Å². The van der Waals surface area contributed by atoms with Crippen LogP contribution in [0.1, 0.15) is 48.0 Å². The number of likely N-dealkylation sites (N-methyl/N-ethyl adjacent to an activating group) is 1. The SMILES string of the molecule is CCN1CCN(C(C)CC(C)(C#N)NC(C)C)CC1C. The van der Waals surface area contributed by atoms with Gasteiger partial charge >= 0.3 is 0 Å². The zero-order chi connectivity index (χ0) is 15.3. The quantitative estimate of drug-likeness (QED) is 0.809. The monoisotopic (exact) mass is 280 g/mol. The van der Waals surface area contributed by atoms with Crippen LogP contribution in [0.5, 0.6) is 0 Å². The second-order valence-electron chi connectivity index (χ2n) is 6.77. The van der Waals surface area contributed by atoms with Crippen LogP contribution in [0, 0.1) is 11.3 Å². The first-order valence-corrected chi connectivity index (χ1v) is 7.98. The van der Waals surface area contributed by atoms with Gasteiger partial charge in [0, 0.05) is 37.8 Å². The lowest BCUT2D eigenvalue weighted by molar-refractivity contribution is 0.0551. The molecule has 4 nitrogen and oxygen atoms in total. The third-order valence-corrected chi connectivity index (χ3v) is 4.38. The number of nitriles is 1. The molecule has 1 N–H and O–H groups in total. The molecule has 0 amide bonds. The fourth-order valence-corrected chi connectivity index (χ4v) is 3.39. The van der Waals surface area contributed by atoms with E-state index in [0.717, 1.165) is 32.6 Å². The van der Waals surface area contributed by atoms with Gasteiger partial charge in [-0.15, -0.1) is 0 Å². The highest BCUT2D eigenvalue weighted by Crippen LogP contribution is 2.19. The van der Waals surface area contributed by atoms with Crippen molar-refractivity contribution in [2.75, 3.05) is 26.2 Å². The van der Waals surface area contributed by atoms with Gasteiger partial charge in [-0.3, -0.25) is 15.1 Å². The molecule has 1 rings (SSSR count). The minimum absolute atomic E-state index is 0.336. The Morgan fingerprint density at radius 2 is 2.00 bits per heavy atom. The summed E-state index contributed by atoms with van der Waals surface area (Å²) in [5.74, 6) is 0. The first-order chi connectivity index (χ1) is 9.31. The Labute approximate surface area is 125 Å². The molecule has 0 saturated carbocycles. The van der Waals surface area contributed by atoms with Crippen molar-refractivity contribution in [1.29, 1.82) is 5.26 Å². The van der Waals surface area contributed by atoms with Crippen LogP contribution in [-0.4, -0.2) is 59.6 Å². The summed E-state index contributed by atoms with van der Waals surface area (Å²) in [6, 6.07) is 3.85. The summed E-state index contributed by atoms with van der Waals surface area (Å²) < 4.78 is 0. The second-order valence-corrected chi connectivity index (χ2v) is 6.77. The van der Waals surface area contributed by atoms with Gasteiger partial charge in [0.05, 0.1) is 6.07 Å². The summed E-state index contributed by atoms with van der Waals surface area (Å²) in [6.45, 7) is 17.5. The molecule has 1 saturated heterocycles. The molecule has 116 valence electrons. The van der Waals surface area contributed by atoms with E-state index in [0.29, 0.717) is 18.1 Å². The zero-order valence-electron chi connectivity index (χ0n) is 14.1. The maximum Gasteiger partial charge on any atom is 0.105 e. The third kappa shape index (κ3) is 4.73. The van der Waals surface area contributed by atoms with Crippen molar-refractivity contribution in [2.45, 2.75) is 71.6 Å². The summed E-state index contributed by atoms with van der Waals surface area (Å²) in [4.78, 5) is 5.06. The van der Waals surface area contributed by atoms with Gasteiger partial charge in [0.15, 0.2) is 0 Å². The molecule has 0 radical (unpaired) electrons. The maximum atomic E-state index is 9.47. The Morgan fingerprint density at radius 1 is 1.35 bits per heavy atom. The fraction of sp³-hybridized carbons (Fsp3) is 0.938. The van der Waals surface area contributed by atoms with Crippen LogP contribution in [0.25, 0.3) is 0 Å². The molecule has 3 atom stereocenters. The first-order valence-electron chi connectivity index (χ1n) is 7.98. The molecule has 1 aliphatic rings. The standard InChI is InChI=1S/C16H32N4/c1-7-19-8-9-20(11-15(19)5)14(4)10-16(6,12-17)18-13(2)3/h13-15,18H,7-11H2,1-6H3. The minimum atomic E-state index is -0.432. The van der Waals surface area contributed by atoms with Crippen molar-refractivity contribution in [2.24, 2.45) is 0 Å². The summed E-state index contributed by atoms with van der Waals surface area (Å²) in [5.41, 5.74) is -0.432.